The molecule has 7 nitrogen and oxygen atoms in total. The first-order valence-corrected chi connectivity index (χ1v) is 13.8. The number of carboxylic acid groups (broad SMARTS) is 3. The molecule has 7 heteroatoms. The van der Waals surface area contributed by atoms with Gasteiger partial charge in [-0.25, -0.2) is 14.4 Å². The topological polar surface area (TPSA) is 112 Å². The maximum Gasteiger partial charge on any atom is 0.362 e. The fourth-order valence-electron chi connectivity index (χ4n) is 5.02. The van der Waals surface area contributed by atoms with Gasteiger partial charge in [0.2, 0.25) is 0 Å². The predicted octanol–water partition coefficient (Wildman–Crippen LogP) is 6.65. The number of hydrogen-bond acceptors (Lipinski definition) is 3. The van der Waals surface area contributed by atoms with Gasteiger partial charge in [0, 0.05) is 0 Å². The van der Waals surface area contributed by atoms with Gasteiger partial charge in [0.1, 0.15) is 0 Å². The molecule has 0 aromatic heterocycles. The van der Waals surface area contributed by atoms with E-state index < -0.39 is 40.5 Å². The normalized spacial score (nSPS) is 16.0. The molecular weight excluding hydrogens is 446 g/mol. The molecule has 0 heterocycles. The van der Waals surface area contributed by atoms with Crippen LogP contribution in [-0.4, -0.2) is 62.4 Å². The molecule has 0 aliphatic rings. The zero-order valence-electron chi connectivity index (χ0n) is 22.7. The highest BCUT2D eigenvalue weighted by molar-refractivity contribution is 5.77. The number of rotatable bonds is 23. The monoisotopic (exact) mass is 498 g/mol. The number of nitrogens with zero attached hydrogens (tertiary/aromatic N) is 1. The van der Waals surface area contributed by atoms with Gasteiger partial charge in [-0.15, -0.1) is 0 Å². The third-order valence-corrected chi connectivity index (χ3v) is 7.52. The number of carboxylic acids is 3. The Bertz CT molecular complexity index is 583. The van der Waals surface area contributed by atoms with Crippen molar-refractivity contribution in [3.8, 4) is 0 Å². The number of hydrogen-bond donors (Lipinski definition) is 3. The Morgan fingerprint density at radius 3 is 1.23 bits per heavy atom. The second kappa shape index (κ2) is 19.3. The van der Waals surface area contributed by atoms with Crippen molar-refractivity contribution < 1.29 is 34.2 Å². The van der Waals surface area contributed by atoms with Crippen LogP contribution in [0.25, 0.3) is 0 Å². The number of unbranched alkanes of at least 4 members (excludes halogenated alkanes) is 13. The molecule has 3 N–H and O–H groups in total. The van der Waals surface area contributed by atoms with Crippen LogP contribution >= 0.6 is 0 Å². The third-order valence-electron chi connectivity index (χ3n) is 7.52. The summed E-state index contributed by atoms with van der Waals surface area (Å²) in [4.78, 5) is 35.3. The van der Waals surface area contributed by atoms with Crippen LogP contribution in [0, 0.1) is 0 Å². The average Bonchev–Trinajstić information content (AvgIpc) is 2.82. The van der Waals surface area contributed by atoms with E-state index >= 15 is 0 Å². The molecule has 0 rings (SSSR count). The maximum atomic E-state index is 11.8. The Labute approximate surface area is 213 Å². The number of allylic oxidation sites excluding steroid dienone is 2. The van der Waals surface area contributed by atoms with Crippen molar-refractivity contribution >= 4 is 17.9 Å². The van der Waals surface area contributed by atoms with E-state index in [1.54, 1.807) is 0 Å². The lowest BCUT2D eigenvalue weighted by Crippen LogP contribution is -2.70. The van der Waals surface area contributed by atoms with E-state index in [0.29, 0.717) is 6.42 Å². The summed E-state index contributed by atoms with van der Waals surface area (Å²) in [6.45, 7) is 6.69. The summed E-state index contributed by atoms with van der Waals surface area (Å²) in [6.07, 6.45) is 22.0. The van der Waals surface area contributed by atoms with Crippen molar-refractivity contribution in [2.24, 2.45) is 0 Å². The quantitative estimate of drug-likeness (QED) is 0.0826. The molecular formula is C28H52NO6+. The Morgan fingerprint density at radius 1 is 0.571 bits per heavy atom. The Balaban J connectivity index is 4.25. The molecule has 0 spiro atoms. The van der Waals surface area contributed by atoms with E-state index in [0.717, 1.165) is 19.3 Å². The SMILES string of the molecule is CCC/C=C/CCCCCCCCCCCCCC[N+](C(C)C(=O)O)(C(C)C(=O)O)C(C)C(=O)O. The minimum Gasteiger partial charge on any atom is -0.477 e. The van der Waals surface area contributed by atoms with Crippen molar-refractivity contribution in [1.29, 1.82) is 0 Å². The van der Waals surface area contributed by atoms with E-state index in [9.17, 15) is 29.7 Å². The van der Waals surface area contributed by atoms with Gasteiger partial charge in [0.05, 0.1) is 6.54 Å². The van der Waals surface area contributed by atoms with Crippen LogP contribution in [0.4, 0.5) is 0 Å². The number of quaternary nitrogens is 1. The zero-order chi connectivity index (χ0) is 26.7. The maximum absolute atomic E-state index is 11.8. The van der Waals surface area contributed by atoms with E-state index in [2.05, 4.69) is 19.1 Å². The van der Waals surface area contributed by atoms with Gasteiger partial charge >= 0.3 is 17.9 Å². The van der Waals surface area contributed by atoms with Crippen LogP contribution < -0.4 is 0 Å². The molecule has 0 radical (unpaired) electrons. The molecule has 0 aliphatic carbocycles. The lowest BCUT2D eigenvalue weighted by atomic mass is 10.00. The second-order valence-corrected chi connectivity index (χ2v) is 10.1. The summed E-state index contributed by atoms with van der Waals surface area (Å²) in [5.41, 5.74) is 0. The van der Waals surface area contributed by atoms with E-state index in [1.165, 1.54) is 91.4 Å². The van der Waals surface area contributed by atoms with Crippen molar-refractivity contribution in [2.45, 2.75) is 142 Å². The first-order chi connectivity index (χ1) is 16.6. The Morgan fingerprint density at radius 2 is 0.886 bits per heavy atom. The molecule has 3 unspecified atom stereocenters. The molecule has 35 heavy (non-hydrogen) atoms. The highest BCUT2D eigenvalue weighted by Crippen LogP contribution is 2.27. The molecule has 0 saturated heterocycles. The minimum absolute atomic E-state index is 0.225. The Kier molecular flexibility index (Phi) is 18.3. The zero-order valence-corrected chi connectivity index (χ0v) is 22.7. The summed E-state index contributed by atoms with van der Waals surface area (Å²) < 4.78 is -0.477. The fourth-order valence-corrected chi connectivity index (χ4v) is 5.02. The average molecular weight is 499 g/mol. The van der Waals surface area contributed by atoms with Crippen LogP contribution in [0.3, 0.4) is 0 Å². The third kappa shape index (κ3) is 12.6. The van der Waals surface area contributed by atoms with E-state index in [-0.39, 0.29) is 6.54 Å². The largest absolute Gasteiger partial charge is 0.477 e. The summed E-state index contributed by atoms with van der Waals surface area (Å²) in [5, 5.41) is 28.9. The highest BCUT2D eigenvalue weighted by atomic mass is 16.4. The van der Waals surface area contributed by atoms with Gasteiger partial charge in [-0.05, 0) is 52.9 Å². The van der Waals surface area contributed by atoms with Crippen LogP contribution in [0.1, 0.15) is 124 Å². The molecule has 0 bridgehead atoms. The van der Waals surface area contributed by atoms with Crippen molar-refractivity contribution in [1.82, 2.24) is 0 Å². The minimum atomic E-state index is -1.17. The first-order valence-electron chi connectivity index (χ1n) is 13.8. The van der Waals surface area contributed by atoms with Crippen LogP contribution in [-0.2, 0) is 14.4 Å². The Hall–Kier alpha value is -1.89. The predicted molar refractivity (Wildman–Crippen MR) is 140 cm³/mol. The fraction of sp³-hybridized carbons (Fsp3) is 0.821. The number of carbonyl (C=O) groups is 3. The lowest BCUT2D eigenvalue weighted by Gasteiger charge is -2.47. The smallest absolute Gasteiger partial charge is 0.362 e. The molecule has 0 amide bonds. The van der Waals surface area contributed by atoms with Crippen LogP contribution in [0.15, 0.2) is 12.2 Å². The van der Waals surface area contributed by atoms with Crippen molar-refractivity contribution in [3.63, 3.8) is 0 Å². The van der Waals surface area contributed by atoms with Gasteiger partial charge in [-0.1, -0.05) is 83.3 Å². The van der Waals surface area contributed by atoms with E-state index in [1.807, 2.05) is 0 Å². The van der Waals surface area contributed by atoms with Crippen molar-refractivity contribution in [3.05, 3.63) is 12.2 Å². The summed E-state index contributed by atoms with van der Waals surface area (Å²) in [7, 11) is 0. The second-order valence-electron chi connectivity index (χ2n) is 10.1. The van der Waals surface area contributed by atoms with E-state index in [4.69, 9.17) is 0 Å². The van der Waals surface area contributed by atoms with Crippen LogP contribution in [0.2, 0.25) is 0 Å². The molecule has 3 atom stereocenters. The van der Waals surface area contributed by atoms with Gasteiger partial charge in [-0.2, -0.15) is 0 Å². The molecule has 0 fully saturated rings. The van der Waals surface area contributed by atoms with Crippen LogP contribution in [0.5, 0.6) is 0 Å². The molecule has 0 saturated carbocycles. The molecule has 0 aliphatic heterocycles. The van der Waals surface area contributed by atoms with Gasteiger partial charge in [-0.3, -0.25) is 4.48 Å². The van der Waals surface area contributed by atoms with Gasteiger partial charge < -0.3 is 15.3 Å². The lowest BCUT2D eigenvalue weighted by molar-refractivity contribution is -0.968. The molecule has 0 aromatic rings. The highest BCUT2D eigenvalue weighted by Gasteiger charge is 2.52. The standard InChI is InChI=1S/C28H51NO6/c1-5-6-7-8-9-10-11-12-13-14-15-16-17-18-19-20-21-22-29(23(2)26(30)31,24(3)27(32)33)25(4)28(34)35/h7-8,23-25H,5-6,9-22H2,1-4H3,(H2-,30,31,32,33,34,35)/p+1/b8-7+. The van der Waals surface area contributed by atoms with Gasteiger partial charge in [0.15, 0.2) is 18.1 Å². The molecule has 204 valence electrons. The van der Waals surface area contributed by atoms with Gasteiger partial charge in [0.25, 0.3) is 0 Å². The first kappa shape index (κ1) is 33.1. The number of aliphatic carboxylic acids is 3. The van der Waals surface area contributed by atoms with Crippen molar-refractivity contribution in [2.75, 3.05) is 6.54 Å². The summed E-state index contributed by atoms with van der Waals surface area (Å²) >= 11 is 0. The summed E-state index contributed by atoms with van der Waals surface area (Å²) in [5.74, 6) is -3.51. The molecule has 0 aromatic carbocycles. The summed E-state index contributed by atoms with van der Waals surface area (Å²) in [6, 6.07) is -3.36.